The highest BCUT2D eigenvalue weighted by molar-refractivity contribution is 5.33. The molecule has 0 amide bonds. The molecule has 1 heterocycles. The van der Waals surface area contributed by atoms with Gasteiger partial charge in [-0.2, -0.15) is 5.26 Å². The molecule has 1 aliphatic heterocycles. The van der Waals surface area contributed by atoms with E-state index in [1.165, 1.54) is 24.0 Å². The number of nitrogens with zero attached hydrogens (tertiary/aromatic N) is 1. The Morgan fingerprint density at radius 1 is 1.44 bits per heavy atom. The van der Waals surface area contributed by atoms with E-state index < -0.39 is 0 Å². The molecule has 1 saturated heterocycles. The molecule has 0 aliphatic carbocycles. The minimum Gasteiger partial charge on any atom is -0.316 e. The topological polar surface area (TPSA) is 35.8 Å². The fraction of sp³-hybridized carbons (Fsp3) is 0.500. The first-order valence-corrected chi connectivity index (χ1v) is 5.99. The van der Waals surface area contributed by atoms with E-state index in [4.69, 9.17) is 0 Å². The van der Waals surface area contributed by atoms with Gasteiger partial charge < -0.3 is 5.32 Å². The molecule has 1 aliphatic rings. The molecule has 1 fully saturated rings. The summed E-state index contributed by atoms with van der Waals surface area (Å²) in [7, 11) is 0. The molecule has 2 unspecified atom stereocenters. The number of nitriles is 1. The average Bonchev–Trinajstić information content (AvgIpc) is 2.34. The smallest absolute Gasteiger partial charge is 0.0755 e. The number of benzene rings is 1. The number of piperidine rings is 1. The van der Waals surface area contributed by atoms with Crippen molar-refractivity contribution >= 4 is 0 Å². The van der Waals surface area contributed by atoms with Crippen LogP contribution in [0, 0.1) is 24.2 Å². The molecule has 1 aromatic carbocycles. The van der Waals surface area contributed by atoms with E-state index in [0.29, 0.717) is 5.92 Å². The van der Waals surface area contributed by atoms with E-state index in [0.717, 1.165) is 13.1 Å². The molecule has 1 N–H and O–H groups in total. The van der Waals surface area contributed by atoms with E-state index in [-0.39, 0.29) is 5.92 Å². The summed E-state index contributed by atoms with van der Waals surface area (Å²) in [6.07, 6.45) is 2.36. The zero-order valence-corrected chi connectivity index (χ0v) is 9.74. The largest absolute Gasteiger partial charge is 0.316 e. The van der Waals surface area contributed by atoms with Gasteiger partial charge in [-0.05, 0) is 49.9 Å². The predicted octanol–water partition coefficient (Wildman–Crippen LogP) is 2.60. The summed E-state index contributed by atoms with van der Waals surface area (Å²) in [5.41, 5.74) is 2.44. The van der Waals surface area contributed by atoms with Crippen LogP contribution in [0.3, 0.4) is 0 Å². The summed E-state index contributed by atoms with van der Waals surface area (Å²) in [5, 5.41) is 12.8. The zero-order chi connectivity index (χ0) is 11.4. The molecule has 0 radical (unpaired) electrons. The zero-order valence-electron chi connectivity index (χ0n) is 9.74. The summed E-state index contributed by atoms with van der Waals surface area (Å²) in [4.78, 5) is 0. The van der Waals surface area contributed by atoms with Gasteiger partial charge in [0.2, 0.25) is 0 Å². The van der Waals surface area contributed by atoms with Gasteiger partial charge in [0.05, 0.1) is 12.0 Å². The van der Waals surface area contributed by atoms with Gasteiger partial charge in [-0.3, -0.25) is 0 Å². The maximum atomic E-state index is 9.38. The first kappa shape index (κ1) is 11.2. The Hall–Kier alpha value is -1.33. The van der Waals surface area contributed by atoms with Crippen LogP contribution in [-0.2, 0) is 0 Å². The second-order valence-electron chi connectivity index (χ2n) is 4.57. The van der Waals surface area contributed by atoms with Crippen molar-refractivity contribution in [1.82, 2.24) is 5.32 Å². The number of nitrogens with one attached hydrogen (secondary N) is 1. The fourth-order valence-corrected chi connectivity index (χ4v) is 2.53. The molecule has 16 heavy (non-hydrogen) atoms. The van der Waals surface area contributed by atoms with Gasteiger partial charge in [0, 0.05) is 0 Å². The van der Waals surface area contributed by atoms with Gasteiger partial charge in [0.1, 0.15) is 0 Å². The lowest BCUT2D eigenvalue weighted by atomic mass is 9.81. The first-order valence-electron chi connectivity index (χ1n) is 5.99. The minimum atomic E-state index is 0.0500. The lowest BCUT2D eigenvalue weighted by molar-refractivity contribution is 0.354. The summed E-state index contributed by atoms with van der Waals surface area (Å²) in [6, 6.07) is 10.7. The van der Waals surface area contributed by atoms with Gasteiger partial charge in [0.15, 0.2) is 0 Å². The van der Waals surface area contributed by atoms with Crippen LogP contribution in [0.1, 0.15) is 29.9 Å². The molecule has 0 spiro atoms. The quantitative estimate of drug-likeness (QED) is 0.821. The van der Waals surface area contributed by atoms with Crippen LogP contribution in [0.4, 0.5) is 0 Å². The van der Waals surface area contributed by atoms with Gasteiger partial charge in [0.25, 0.3) is 0 Å². The minimum absolute atomic E-state index is 0.0500. The highest BCUT2D eigenvalue weighted by Crippen LogP contribution is 2.30. The van der Waals surface area contributed by atoms with Gasteiger partial charge in [-0.25, -0.2) is 0 Å². The van der Waals surface area contributed by atoms with Crippen LogP contribution in [0.5, 0.6) is 0 Å². The molecule has 0 bridgehead atoms. The van der Waals surface area contributed by atoms with Crippen molar-refractivity contribution in [2.45, 2.75) is 25.7 Å². The third-order valence-electron chi connectivity index (χ3n) is 3.47. The molecule has 2 atom stereocenters. The maximum absolute atomic E-state index is 9.38. The number of hydrogen-bond acceptors (Lipinski definition) is 2. The average molecular weight is 214 g/mol. The number of hydrogen-bond donors (Lipinski definition) is 1. The molecule has 2 heteroatoms. The van der Waals surface area contributed by atoms with Crippen molar-refractivity contribution in [3.63, 3.8) is 0 Å². The lowest BCUT2D eigenvalue weighted by Crippen LogP contribution is -2.33. The van der Waals surface area contributed by atoms with E-state index in [1.807, 2.05) is 12.1 Å². The molecular formula is C14H18N2. The summed E-state index contributed by atoms with van der Waals surface area (Å²) in [6.45, 7) is 4.17. The predicted molar refractivity (Wildman–Crippen MR) is 65.1 cm³/mol. The van der Waals surface area contributed by atoms with E-state index >= 15 is 0 Å². The van der Waals surface area contributed by atoms with Crippen LogP contribution in [0.25, 0.3) is 0 Å². The molecule has 0 saturated carbocycles. The maximum Gasteiger partial charge on any atom is 0.0755 e. The third-order valence-corrected chi connectivity index (χ3v) is 3.47. The van der Waals surface area contributed by atoms with Gasteiger partial charge in [-0.1, -0.05) is 24.3 Å². The molecule has 0 aromatic heterocycles. The van der Waals surface area contributed by atoms with Crippen LogP contribution >= 0.6 is 0 Å². The Bertz CT molecular complexity index is 386. The van der Waals surface area contributed by atoms with E-state index in [2.05, 4.69) is 30.4 Å². The highest BCUT2D eigenvalue weighted by Gasteiger charge is 2.25. The second-order valence-corrected chi connectivity index (χ2v) is 4.57. The van der Waals surface area contributed by atoms with Crippen LogP contribution in [0.15, 0.2) is 24.3 Å². The lowest BCUT2D eigenvalue weighted by Gasteiger charge is -2.27. The van der Waals surface area contributed by atoms with E-state index in [9.17, 15) is 5.26 Å². The molecule has 1 aromatic rings. The van der Waals surface area contributed by atoms with Gasteiger partial charge >= 0.3 is 0 Å². The van der Waals surface area contributed by atoms with Crippen molar-refractivity contribution in [2.24, 2.45) is 5.92 Å². The summed E-state index contributed by atoms with van der Waals surface area (Å²) < 4.78 is 0. The second kappa shape index (κ2) is 5.14. The molecule has 2 rings (SSSR count). The first-order chi connectivity index (χ1) is 7.83. The van der Waals surface area contributed by atoms with Crippen LogP contribution < -0.4 is 5.32 Å². The monoisotopic (exact) mass is 214 g/mol. The third kappa shape index (κ3) is 2.25. The Balaban J connectivity index is 2.22. The fourth-order valence-electron chi connectivity index (χ4n) is 2.53. The Kier molecular flexibility index (Phi) is 3.58. The Morgan fingerprint density at radius 3 is 2.88 bits per heavy atom. The molecule has 2 nitrogen and oxygen atoms in total. The van der Waals surface area contributed by atoms with E-state index in [1.54, 1.807) is 0 Å². The van der Waals surface area contributed by atoms with Crippen molar-refractivity contribution in [2.75, 3.05) is 13.1 Å². The summed E-state index contributed by atoms with van der Waals surface area (Å²) in [5.74, 6) is 0.522. The standard InChI is InChI=1S/C14H18N2/c1-11-5-2-3-7-13(11)14(9-15)12-6-4-8-16-10-12/h2-3,5,7,12,14,16H,4,6,8,10H2,1H3. The van der Waals surface area contributed by atoms with Crippen LogP contribution in [0.2, 0.25) is 0 Å². The van der Waals surface area contributed by atoms with Gasteiger partial charge in [-0.15, -0.1) is 0 Å². The van der Waals surface area contributed by atoms with Crippen molar-refractivity contribution in [3.05, 3.63) is 35.4 Å². The molecule has 84 valence electrons. The van der Waals surface area contributed by atoms with Crippen molar-refractivity contribution < 1.29 is 0 Å². The summed E-state index contributed by atoms with van der Waals surface area (Å²) >= 11 is 0. The number of aryl methyl sites for hydroxylation is 1. The van der Waals surface area contributed by atoms with Crippen molar-refractivity contribution in [3.8, 4) is 6.07 Å². The Morgan fingerprint density at radius 2 is 2.25 bits per heavy atom. The number of rotatable bonds is 2. The SMILES string of the molecule is Cc1ccccc1C(C#N)C1CCCNC1. The molecular weight excluding hydrogens is 196 g/mol. The van der Waals surface area contributed by atoms with Crippen molar-refractivity contribution in [1.29, 1.82) is 5.26 Å². The Labute approximate surface area is 97.3 Å². The van der Waals surface area contributed by atoms with Crippen LogP contribution in [-0.4, -0.2) is 13.1 Å². The highest BCUT2D eigenvalue weighted by atomic mass is 14.9. The normalized spacial score (nSPS) is 22.4.